The van der Waals surface area contributed by atoms with Crippen molar-refractivity contribution in [3.05, 3.63) is 65.7 Å². The summed E-state index contributed by atoms with van der Waals surface area (Å²) in [6.45, 7) is 11.8. The van der Waals surface area contributed by atoms with Crippen LogP contribution in [0.25, 0.3) is 0 Å². The first kappa shape index (κ1) is 44.3. The Balaban J connectivity index is 1.63. The van der Waals surface area contributed by atoms with Crippen molar-refractivity contribution in [3.8, 4) is 0 Å². The van der Waals surface area contributed by atoms with E-state index < -0.39 is 29.3 Å². The van der Waals surface area contributed by atoms with E-state index in [-0.39, 0.29) is 86.1 Å². The minimum atomic E-state index is -0.891. The number of hydrogen-bond acceptors (Lipinski definition) is 8. The van der Waals surface area contributed by atoms with Gasteiger partial charge in [0.1, 0.15) is 6.61 Å². The fourth-order valence-electron chi connectivity index (χ4n) is 6.25. The zero-order chi connectivity index (χ0) is 40.8. The van der Waals surface area contributed by atoms with Crippen molar-refractivity contribution in [2.75, 3.05) is 18.4 Å². The lowest BCUT2D eigenvalue weighted by atomic mass is 9.80. The average Bonchev–Trinajstić information content (AvgIpc) is 3.41. The summed E-state index contributed by atoms with van der Waals surface area (Å²) in [6.07, 6.45) is 2.80. The summed E-state index contributed by atoms with van der Waals surface area (Å²) >= 11 is 0. The first-order chi connectivity index (χ1) is 25.8. The van der Waals surface area contributed by atoms with Crippen molar-refractivity contribution in [1.82, 2.24) is 15.5 Å². The van der Waals surface area contributed by atoms with Gasteiger partial charge in [-0.15, -0.1) is 0 Å². The predicted molar refractivity (Wildman–Crippen MR) is 209 cm³/mol. The topological polar surface area (TPSA) is 194 Å². The number of carbonyl (C=O) groups is 7. The predicted octanol–water partition coefficient (Wildman–Crippen LogP) is 5.45. The molecule has 5 N–H and O–H groups in total. The number of likely N-dealkylation sites (tertiary alicyclic amines) is 1. The molecule has 13 nitrogen and oxygen atoms in total. The van der Waals surface area contributed by atoms with Crippen molar-refractivity contribution in [2.45, 2.75) is 112 Å². The second-order valence-corrected chi connectivity index (χ2v) is 16.4. The maximum atomic E-state index is 13.9. The third-order valence-corrected chi connectivity index (χ3v) is 9.63. The molecule has 0 spiro atoms. The summed E-state index contributed by atoms with van der Waals surface area (Å²) in [5.41, 5.74) is 6.36. The van der Waals surface area contributed by atoms with E-state index in [1.807, 2.05) is 51.1 Å². The molecule has 1 saturated heterocycles. The molecule has 1 fully saturated rings. The van der Waals surface area contributed by atoms with Crippen molar-refractivity contribution in [3.63, 3.8) is 0 Å². The van der Waals surface area contributed by atoms with Crippen LogP contribution in [-0.2, 0) is 46.5 Å². The van der Waals surface area contributed by atoms with Gasteiger partial charge in [-0.05, 0) is 81.5 Å². The normalized spacial score (nSPS) is 15.6. The zero-order valence-corrected chi connectivity index (χ0v) is 33.2. The Kier molecular flexibility index (Phi) is 16.6. The zero-order valence-electron chi connectivity index (χ0n) is 33.2. The van der Waals surface area contributed by atoms with Crippen LogP contribution in [-0.4, -0.2) is 65.4 Å². The summed E-state index contributed by atoms with van der Waals surface area (Å²) in [5.74, 6) is -2.74. The van der Waals surface area contributed by atoms with E-state index in [2.05, 4.69) is 16.0 Å². The Morgan fingerprint density at radius 3 is 2.15 bits per heavy atom. The van der Waals surface area contributed by atoms with Gasteiger partial charge in [-0.2, -0.15) is 0 Å². The fourth-order valence-corrected chi connectivity index (χ4v) is 6.25. The Morgan fingerprint density at radius 2 is 1.55 bits per heavy atom. The lowest BCUT2D eigenvalue weighted by Crippen LogP contribution is -2.43. The summed E-state index contributed by atoms with van der Waals surface area (Å²) in [4.78, 5) is 90.7. The number of carbonyl (C=O) groups excluding carboxylic acids is 7. The quantitative estimate of drug-likeness (QED) is 0.0777. The monoisotopic (exact) mass is 761 g/mol. The smallest absolute Gasteiger partial charge is 0.312 e. The van der Waals surface area contributed by atoms with Crippen LogP contribution in [0.2, 0.25) is 0 Å². The van der Waals surface area contributed by atoms with Gasteiger partial charge in [0.05, 0.1) is 17.4 Å². The van der Waals surface area contributed by atoms with Crippen LogP contribution in [0.15, 0.2) is 54.6 Å². The lowest BCUT2D eigenvalue weighted by Gasteiger charge is -2.24. The largest absolute Gasteiger partial charge is 0.460 e. The molecule has 0 radical (unpaired) electrons. The Hall–Kier alpha value is -5.07. The molecule has 3 atom stereocenters. The van der Waals surface area contributed by atoms with E-state index in [0.29, 0.717) is 37.9 Å². The van der Waals surface area contributed by atoms with Crippen molar-refractivity contribution < 1.29 is 38.3 Å². The van der Waals surface area contributed by atoms with Gasteiger partial charge in [0.2, 0.25) is 23.6 Å². The number of esters is 1. The average molecular weight is 762 g/mol. The molecule has 2 aromatic carbocycles. The van der Waals surface area contributed by atoms with Crippen LogP contribution in [0, 0.1) is 22.7 Å². The van der Waals surface area contributed by atoms with E-state index in [4.69, 9.17) is 10.5 Å². The molecule has 1 aliphatic heterocycles. The van der Waals surface area contributed by atoms with Gasteiger partial charge in [0, 0.05) is 44.0 Å². The highest BCUT2D eigenvalue weighted by Crippen LogP contribution is 2.35. The highest BCUT2D eigenvalue weighted by Gasteiger charge is 2.44. The molecular formula is C42H59N5O8. The molecule has 0 bridgehead atoms. The second kappa shape index (κ2) is 20.6. The molecule has 0 aromatic heterocycles. The molecule has 13 heteroatoms. The molecule has 1 aliphatic rings. The number of unbranched alkanes of at least 4 members (excludes halogenated alkanes) is 2. The molecule has 0 aliphatic carbocycles. The van der Waals surface area contributed by atoms with Crippen LogP contribution >= 0.6 is 0 Å². The summed E-state index contributed by atoms with van der Waals surface area (Å²) in [5, 5.41) is 8.28. The number of nitrogens with two attached hydrogens (primary N) is 1. The Morgan fingerprint density at radius 1 is 0.873 bits per heavy atom. The van der Waals surface area contributed by atoms with Crippen LogP contribution in [0.1, 0.15) is 104 Å². The summed E-state index contributed by atoms with van der Waals surface area (Å²) in [6, 6.07) is 14.6. The van der Waals surface area contributed by atoms with Gasteiger partial charge >= 0.3 is 12.0 Å². The number of rotatable bonds is 20. The van der Waals surface area contributed by atoms with Gasteiger partial charge < -0.3 is 26.4 Å². The standard InChI is InChI=1S/C42H59N5O8/c1-41(2,3)32-26-36(50)47(38(32)52)23-12-8-11-17-35(49)46-33(24-28-14-9-7-10-15-28)34(48)25-30(16-13-22-44-40(43)54)37(51)45-31-20-18-29(19-21-31)27-55-39(53)42(4,5)6/h7,9-10,14-15,18-21,30,32-33H,8,11-13,16-17,22-27H2,1-6H3,(H,45,51)(H,46,49)(H3,43,44,54)/t30-,32?,33-/m1/s1. The maximum Gasteiger partial charge on any atom is 0.312 e. The second-order valence-electron chi connectivity index (χ2n) is 16.4. The van der Waals surface area contributed by atoms with Crippen LogP contribution in [0.5, 0.6) is 0 Å². The minimum absolute atomic E-state index is 0.0848. The number of ether oxygens (including phenoxy) is 1. The number of nitrogens with zero attached hydrogens (tertiary/aromatic N) is 1. The maximum absolute atomic E-state index is 13.9. The Labute approximate surface area is 324 Å². The number of primary amides is 1. The number of urea groups is 1. The third-order valence-electron chi connectivity index (χ3n) is 9.63. The summed E-state index contributed by atoms with van der Waals surface area (Å²) in [7, 11) is 0. The van der Waals surface area contributed by atoms with Gasteiger partial charge in [0.25, 0.3) is 0 Å². The van der Waals surface area contributed by atoms with E-state index in [1.165, 1.54) is 4.90 Å². The first-order valence-corrected chi connectivity index (χ1v) is 19.2. The fraction of sp³-hybridized carbons (Fsp3) is 0.548. The number of nitrogens with one attached hydrogen (secondary N) is 3. The van der Waals surface area contributed by atoms with Crippen molar-refractivity contribution in [1.29, 1.82) is 0 Å². The van der Waals surface area contributed by atoms with Gasteiger partial charge in [-0.3, -0.25) is 33.7 Å². The van der Waals surface area contributed by atoms with Crippen LogP contribution in [0.3, 0.4) is 0 Å². The Bertz CT molecular complexity index is 1650. The van der Waals surface area contributed by atoms with E-state index in [0.717, 1.165) is 11.1 Å². The highest BCUT2D eigenvalue weighted by molar-refractivity contribution is 6.04. The number of ketones is 1. The third kappa shape index (κ3) is 14.9. The van der Waals surface area contributed by atoms with E-state index in [9.17, 15) is 33.6 Å². The van der Waals surface area contributed by atoms with Crippen LogP contribution < -0.4 is 21.7 Å². The lowest BCUT2D eigenvalue weighted by molar-refractivity contribution is -0.154. The number of benzene rings is 2. The van der Waals surface area contributed by atoms with Crippen molar-refractivity contribution in [2.24, 2.45) is 28.4 Å². The number of Topliss-reactive ketones (excluding diaryl/α,β-unsaturated/α-hetero) is 1. The van der Waals surface area contributed by atoms with Gasteiger partial charge in [0.15, 0.2) is 5.78 Å². The molecule has 6 amide bonds. The number of hydrogen-bond donors (Lipinski definition) is 4. The molecule has 300 valence electrons. The summed E-state index contributed by atoms with van der Waals surface area (Å²) < 4.78 is 5.37. The number of imide groups is 1. The molecule has 1 unspecified atom stereocenters. The first-order valence-electron chi connectivity index (χ1n) is 19.2. The van der Waals surface area contributed by atoms with Gasteiger partial charge in [-0.25, -0.2) is 4.79 Å². The van der Waals surface area contributed by atoms with Crippen molar-refractivity contribution >= 4 is 47.1 Å². The minimum Gasteiger partial charge on any atom is -0.460 e. The number of amides is 6. The molecule has 2 aromatic rings. The number of anilines is 1. The highest BCUT2D eigenvalue weighted by atomic mass is 16.5. The molecule has 0 saturated carbocycles. The molecular weight excluding hydrogens is 702 g/mol. The van der Waals surface area contributed by atoms with Crippen LogP contribution in [0.4, 0.5) is 10.5 Å². The van der Waals surface area contributed by atoms with E-state index in [1.54, 1.807) is 45.0 Å². The SMILES string of the molecule is CC(C)(C)C(=O)OCc1ccc(NC(=O)[C@H](CCCNC(N)=O)CC(=O)[C@@H](Cc2ccccc2)NC(=O)CCCCCN2C(=O)CC(C(C)(C)C)C2=O)cc1. The van der Waals surface area contributed by atoms with E-state index >= 15 is 0 Å². The molecule has 3 rings (SSSR count). The molecule has 1 heterocycles. The molecule has 55 heavy (non-hydrogen) atoms. The van der Waals surface area contributed by atoms with Gasteiger partial charge in [-0.1, -0.05) is 69.7 Å².